The van der Waals surface area contributed by atoms with E-state index < -0.39 is 0 Å². The van der Waals surface area contributed by atoms with Crippen LogP contribution in [0.5, 0.6) is 0 Å². The van der Waals surface area contributed by atoms with Crippen LogP contribution in [-0.2, 0) is 17.8 Å². The van der Waals surface area contributed by atoms with Crippen molar-refractivity contribution in [3.05, 3.63) is 70.5 Å². The minimum absolute atomic E-state index is 0.100. The average molecular weight is 429 g/mol. The van der Waals surface area contributed by atoms with Crippen LogP contribution in [0.4, 0.5) is 4.39 Å². The second-order valence-corrected chi connectivity index (χ2v) is 9.12. The molecule has 160 valence electrons. The van der Waals surface area contributed by atoms with Crippen molar-refractivity contribution < 1.29 is 9.18 Å². The van der Waals surface area contributed by atoms with Gasteiger partial charge in [0.2, 0.25) is 5.91 Å². The van der Waals surface area contributed by atoms with E-state index in [0.717, 1.165) is 58.3 Å². The molecule has 2 aliphatic rings. The van der Waals surface area contributed by atoms with Crippen molar-refractivity contribution >= 4 is 17.5 Å². The van der Waals surface area contributed by atoms with Crippen LogP contribution >= 0.6 is 11.6 Å². The number of rotatable bonds is 5. The third kappa shape index (κ3) is 5.22. The largest absolute Gasteiger partial charge is 0.342 e. The molecule has 30 heavy (non-hydrogen) atoms. The van der Waals surface area contributed by atoms with Gasteiger partial charge < -0.3 is 4.90 Å². The Balaban J connectivity index is 1.23. The molecule has 2 heterocycles. The average Bonchev–Trinajstić information content (AvgIpc) is 2.78. The molecule has 4 rings (SSSR count). The van der Waals surface area contributed by atoms with E-state index in [1.165, 1.54) is 11.6 Å². The van der Waals surface area contributed by atoms with Crippen LogP contribution in [-0.4, -0.2) is 41.9 Å². The van der Waals surface area contributed by atoms with Gasteiger partial charge in [-0.05, 0) is 68.8 Å². The number of carbonyl (C=O) groups excluding carboxylic acids is 1. The van der Waals surface area contributed by atoms with Gasteiger partial charge in [-0.1, -0.05) is 48.0 Å². The predicted octanol–water partition coefficient (Wildman–Crippen LogP) is 5.17. The molecule has 0 N–H and O–H groups in total. The molecule has 5 heteroatoms. The lowest BCUT2D eigenvalue weighted by atomic mass is 9.88. The van der Waals surface area contributed by atoms with Crippen LogP contribution in [0.25, 0.3) is 0 Å². The Morgan fingerprint density at radius 1 is 0.933 bits per heavy atom. The Kier molecular flexibility index (Phi) is 7.06. The second kappa shape index (κ2) is 9.93. The first kappa shape index (κ1) is 21.3. The number of hydrogen-bond donors (Lipinski definition) is 0. The molecule has 2 saturated heterocycles. The number of carbonyl (C=O) groups is 1. The minimum atomic E-state index is -0.251. The first-order valence-corrected chi connectivity index (χ1v) is 11.5. The van der Waals surface area contributed by atoms with Crippen LogP contribution in [0, 0.1) is 17.7 Å². The molecule has 2 fully saturated rings. The Hall–Kier alpha value is -1.91. The van der Waals surface area contributed by atoms with E-state index in [4.69, 9.17) is 11.6 Å². The molecular weight excluding hydrogens is 399 g/mol. The Labute approximate surface area is 183 Å². The molecule has 0 saturated carbocycles. The normalized spacial score (nSPS) is 19.2. The molecule has 0 bridgehead atoms. The van der Waals surface area contributed by atoms with Crippen LogP contribution in [0.1, 0.15) is 36.8 Å². The van der Waals surface area contributed by atoms with E-state index >= 15 is 0 Å². The van der Waals surface area contributed by atoms with Crippen LogP contribution in [0.2, 0.25) is 5.02 Å². The summed E-state index contributed by atoms with van der Waals surface area (Å²) in [5.74, 6) is 0.836. The molecule has 2 aromatic carbocycles. The quantitative estimate of drug-likeness (QED) is 0.655. The van der Waals surface area contributed by atoms with Crippen molar-refractivity contribution in [2.24, 2.45) is 11.8 Å². The van der Waals surface area contributed by atoms with Crippen molar-refractivity contribution in [3.8, 4) is 0 Å². The van der Waals surface area contributed by atoms with Crippen molar-refractivity contribution in [2.75, 3.05) is 26.2 Å². The summed E-state index contributed by atoms with van der Waals surface area (Å²) in [5, 5.41) is 0.478. The smallest absolute Gasteiger partial charge is 0.225 e. The highest BCUT2D eigenvalue weighted by Crippen LogP contribution is 2.27. The van der Waals surface area contributed by atoms with Gasteiger partial charge in [0.25, 0.3) is 0 Å². The number of nitrogens with zero attached hydrogens (tertiary/aromatic N) is 2. The van der Waals surface area contributed by atoms with E-state index in [1.807, 2.05) is 0 Å². The lowest BCUT2D eigenvalue weighted by molar-refractivity contribution is -0.138. The molecule has 2 aliphatic heterocycles. The van der Waals surface area contributed by atoms with Crippen molar-refractivity contribution in [2.45, 2.75) is 38.6 Å². The second-order valence-electron chi connectivity index (χ2n) is 8.71. The fraction of sp³-hybridized carbons (Fsp3) is 0.480. The monoisotopic (exact) mass is 428 g/mol. The number of likely N-dealkylation sites (tertiary alicyclic amines) is 2. The summed E-state index contributed by atoms with van der Waals surface area (Å²) in [7, 11) is 0. The summed E-state index contributed by atoms with van der Waals surface area (Å²) in [6, 6.07) is 15.5. The van der Waals surface area contributed by atoms with E-state index in [1.54, 1.807) is 12.1 Å². The van der Waals surface area contributed by atoms with E-state index in [9.17, 15) is 9.18 Å². The van der Waals surface area contributed by atoms with Gasteiger partial charge in [-0.3, -0.25) is 9.69 Å². The van der Waals surface area contributed by atoms with Gasteiger partial charge >= 0.3 is 0 Å². The van der Waals surface area contributed by atoms with Gasteiger partial charge in [-0.25, -0.2) is 4.39 Å². The molecule has 0 radical (unpaired) electrons. The lowest BCUT2D eigenvalue weighted by Crippen LogP contribution is -2.45. The molecule has 0 aliphatic carbocycles. The van der Waals surface area contributed by atoms with Crippen LogP contribution in [0.15, 0.2) is 48.5 Å². The van der Waals surface area contributed by atoms with Crippen molar-refractivity contribution in [3.63, 3.8) is 0 Å². The summed E-state index contributed by atoms with van der Waals surface area (Å²) in [6.45, 7) is 3.89. The first-order chi connectivity index (χ1) is 14.6. The summed E-state index contributed by atoms with van der Waals surface area (Å²) in [5.41, 5.74) is 1.95. The molecule has 3 nitrogen and oxygen atoms in total. The van der Waals surface area contributed by atoms with E-state index in [2.05, 4.69) is 40.1 Å². The van der Waals surface area contributed by atoms with Gasteiger partial charge in [-0.15, -0.1) is 0 Å². The van der Waals surface area contributed by atoms with Gasteiger partial charge in [0.15, 0.2) is 0 Å². The maximum atomic E-state index is 14.1. The van der Waals surface area contributed by atoms with Crippen LogP contribution in [0.3, 0.4) is 0 Å². The maximum absolute atomic E-state index is 14.1. The number of hydrogen-bond acceptors (Lipinski definition) is 2. The van der Waals surface area contributed by atoms with Crippen molar-refractivity contribution in [1.82, 2.24) is 9.80 Å². The van der Waals surface area contributed by atoms with E-state index in [-0.39, 0.29) is 11.7 Å². The highest BCUT2D eigenvalue weighted by Gasteiger charge is 2.31. The Morgan fingerprint density at radius 3 is 2.30 bits per heavy atom. The zero-order valence-corrected chi connectivity index (χ0v) is 18.2. The Morgan fingerprint density at radius 2 is 1.63 bits per heavy atom. The molecule has 0 spiro atoms. The lowest BCUT2D eigenvalue weighted by Gasteiger charge is -2.37. The summed E-state index contributed by atoms with van der Waals surface area (Å²) in [4.78, 5) is 17.3. The number of piperidine rings is 2. The highest BCUT2D eigenvalue weighted by atomic mass is 35.5. The summed E-state index contributed by atoms with van der Waals surface area (Å²) in [6.07, 6.45) is 4.97. The molecular formula is C25H30ClFN2O. The van der Waals surface area contributed by atoms with Crippen LogP contribution < -0.4 is 0 Å². The summed E-state index contributed by atoms with van der Waals surface area (Å²) >= 11 is 6.16. The van der Waals surface area contributed by atoms with Gasteiger partial charge in [-0.2, -0.15) is 0 Å². The SMILES string of the molecule is O=C(C1CCN(Cc2c(F)cccc2Cl)CC1)N1CCC(Cc2ccccc2)CC1. The third-order valence-electron chi connectivity index (χ3n) is 6.67. The van der Waals surface area contributed by atoms with Gasteiger partial charge in [0.1, 0.15) is 5.82 Å². The molecule has 1 amide bonds. The summed E-state index contributed by atoms with van der Waals surface area (Å²) < 4.78 is 14.1. The standard InChI is InChI=1S/C25H30ClFN2O/c26-23-7-4-8-24(27)22(23)18-28-13-11-21(12-14-28)25(30)29-15-9-20(10-16-29)17-19-5-2-1-3-6-19/h1-8,20-21H,9-18H2. The topological polar surface area (TPSA) is 23.6 Å². The van der Waals surface area contributed by atoms with E-state index in [0.29, 0.717) is 29.0 Å². The zero-order chi connectivity index (χ0) is 20.9. The first-order valence-electron chi connectivity index (χ1n) is 11.1. The fourth-order valence-electron chi connectivity index (χ4n) is 4.81. The maximum Gasteiger partial charge on any atom is 0.225 e. The third-order valence-corrected chi connectivity index (χ3v) is 7.03. The molecule has 2 aromatic rings. The zero-order valence-electron chi connectivity index (χ0n) is 17.4. The minimum Gasteiger partial charge on any atom is -0.342 e. The number of amides is 1. The molecule has 0 unspecified atom stereocenters. The molecule has 0 aromatic heterocycles. The fourth-order valence-corrected chi connectivity index (χ4v) is 5.03. The van der Waals surface area contributed by atoms with Gasteiger partial charge in [0.05, 0.1) is 0 Å². The number of benzene rings is 2. The molecule has 0 atom stereocenters. The predicted molar refractivity (Wildman–Crippen MR) is 119 cm³/mol. The highest BCUT2D eigenvalue weighted by molar-refractivity contribution is 6.31. The Bertz CT molecular complexity index is 823. The van der Waals surface area contributed by atoms with Gasteiger partial charge in [0, 0.05) is 36.1 Å². The number of halogens is 2. The van der Waals surface area contributed by atoms with Crippen molar-refractivity contribution in [1.29, 1.82) is 0 Å².